The molecule has 0 fully saturated rings. The zero-order chi connectivity index (χ0) is 8.69. The fourth-order valence-electron chi connectivity index (χ4n) is 0.851. The standard InChI is InChI=1S/C9H21NS/c1-8(2)5-6-11-9(3)7-10-4/h8-10H,5-7H2,1-4H3. The average molecular weight is 175 g/mol. The van der Waals surface area contributed by atoms with Crippen LogP contribution >= 0.6 is 11.8 Å². The van der Waals surface area contributed by atoms with Crippen LogP contribution < -0.4 is 5.32 Å². The largest absolute Gasteiger partial charge is 0.319 e. The first kappa shape index (κ1) is 11.3. The van der Waals surface area contributed by atoms with Gasteiger partial charge in [-0.2, -0.15) is 11.8 Å². The molecule has 0 radical (unpaired) electrons. The molecule has 68 valence electrons. The average Bonchev–Trinajstić information content (AvgIpc) is 1.87. The van der Waals surface area contributed by atoms with Gasteiger partial charge in [-0.3, -0.25) is 0 Å². The summed E-state index contributed by atoms with van der Waals surface area (Å²) in [5, 5.41) is 3.95. The van der Waals surface area contributed by atoms with Crippen molar-refractivity contribution < 1.29 is 0 Å². The van der Waals surface area contributed by atoms with Gasteiger partial charge in [0.05, 0.1) is 0 Å². The number of nitrogens with one attached hydrogen (secondary N) is 1. The molecule has 0 heterocycles. The molecule has 0 aliphatic rings. The first-order chi connectivity index (χ1) is 5.16. The van der Waals surface area contributed by atoms with Crippen LogP contribution in [0.1, 0.15) is 27.2 Å². The Morgan fingerprint density at radius 3 is 2.36 bits per heavy atom. The summed E-state index contributed by atoms with van der Waals surface area (Å²) in [6.07, 6.45) is 1.35. The van der Waals surface area contributed by atoms with Crippen LogP contribution in [0.4, 0.5) is 0 Å². The summed E-state index contributed by atoms with van der Waals surface area (Å²) < 4.78 is 0. The summed E-state index contributed by atoms with van der Waals surface area (Å²) in [7, 11) is 2.01. The molecule has 0 aromatic carbocycles. The lowest BCUT2D eigenvalue weighted by atomic mass is 10.2. The van der Waals surface area contributed by atoms with Crippen molar-refractivity contribution in [1.29, 1.82) is 0 Å². The SMILES string of the molecule is CNCC(C)SCCC(C)C. The maximum atomic E-state index is 3.18. The van der Waals surface area contributed by atoms with Crippen molar-refractivity contribution in [3.8, 4) is 0 Å². The van der Waals surface area contributed by atoms with E-state index in [4.69, 9.17) is 0 Å². The highest BCUT2D eigenvalue weighted by Crippen LogP contribution is 2.13. The second-order valence-electron chi connectivity index (χ2n) is 3.42. The Morgan fingerprint density at radius 2 is 1.91 bits per heavy atom. The molecule has 1 atom stereocenters. The Balaban J connectivity index is 3.10. The fourth-order valence-corrected chi connectivity index (χ4v) is 2.15. The lowest BCUT2D eigenvalue weighted by molar-refractivity contribution is 0.631. The minimum Gasteiger partial charge on any atom is -0.319 e. The maximum Gasteiger partial charge on any atom is 0.0144 e. The van der Waals surface area contributed by atoms with E-state index in [1.807, 2.05) is 7.05 Å². The molecule has 0 aromatic rings. The van der Waals surface area contributed by atoms with Crippen molar-refractivity contribution in [1.82, 2.24) is 5.32 Å². The second-order valence-corrected chi connectivity index (χ2v) is 4.97. The van der Waals surface area contributed by atoms with Gasteiger partial charge in [0.2, 0.25) is 0 Å². The van der Waals surface area contributed by atoms with E-state index in [0.29, 0.717) is 0 Å². The molecule has 2 heteroatoms. The predicted molar refractivity (Wildman–Crippen MR) is 55.3 cm³/mol. The van der Waals surface area contributed by atoms with Crippen molar-refractivity contribution in [3.05, 3.63) is 0 Å². The van der Waals surface area contributed by atoms with Crippen LogP contribution in [-0.2, 0) is 0 Å². The predicted octanol–water partition coefficient (Wildman–Crippen LogP) is 2.37. The Kier molecular flexibility index (Phi) is 7.18. The van der Waals surface area contributed by atoms with E-state index in [-0.39, 0.29) is 0 Å². The van der Waals surface area contributed by atoms with Crippen molar-refractivity contribution >= 4 is 11.8 Å². The quantitative estimate of drug-likeness (QED) is 0.665. The van der Waals surface area contributed by atoms with Crippen LogP contribution in [0.3, 0.4) is 0 Å². The van der Waals surface area contributed by atoms with Gasteiger partial charge >= 0.3 is 0 Å². The molecule has 0 saturated heterocycles. The topological polar surface area (TPSA) is 12.0 Å². The first-order valence-electron chi connectivity index (χ1n) is 4.43. The van der Waals surface area contributed by atoms with Gasteiger partial charge in [0.1, 0.15) is 0 Å². The van der Waals surface area contributed by atoms with Crippen LogP contribution in [-0.4, -0.2) is 24.6 Å². The molecule has 11 heavy (non-hydrogen) atoms. The summed E-state index contributed by atoms with van der Waals surface area (Å²) in [4.78, 5) is 0. The van der Waals surface area contributed by atoms with Crippen molar-refractivity contribution in [2.75, 3.05) is 19.3 Å². The molecule has 0 rings (SSSR count). The van der Waals surface area contributed by atoms with Crippen LogP contribution in [0.25, 0.3) is 0 Å². The van der Waals surface area contributed by atoms with Gasteiger partial charge in [0, 0.05) is 11.8 Å². The number of hydrogen-bond acceptors (Lipinski definition) is 2. The molecule has 0 amide bonds. The normalized spacial score (nSPS) is 13.9. The van der Waals surface area contributed by atoms with E-state index in [0.717, 1.165) is 17.7 Å². The van der Waals surface area contributed by atoms with Gasteiger partial charge in [0.15, 0.2) is 0 Å². The van der Waals surface area contributed by atoms with Gasteiger partial charge in [-0.15, -0.1) is 0 Å². The summed E-state index contributed by atoms with van der Waals surface area (Å²) in [5.41, 5.74) is 0. The van der Waals surface area contributed by atoms with E-state index in [9.17, 15) is 0 Å². The highest BCUT2D eigenvalue weighted by molar-refractivity contribution is 7.99. The second kappa shape index (κ2) is 6.99. The van der Waals surface area contributed by atoms with Gasteiger partial charge < -0.3 is 5.32 Å². The molecule has 0 aliphatic heterocycles. The summed E-state index contributed by atoms with van der Waals surface area (Å²) in [6, 6.07) is 0. The lowest BCUT2D eigenvalue weighted by Gasteiger charge is -2.10. The molecular formula is C9H21NS. The Labute approximate surface area is 75.3 Å². The summed E-state index contributed by atoms with van der Waals surface area (Å²) >= 11 is 2.07. The molecule has 0 saturated carbocycles. The lowest BCUT2D eigenvalue weighted by Crippen LogP contribution is -2.18. The third-order valence-electron chi connectivity index (χ3n) is 1.59. The highest BCUT2D eigenvalue weighted by Gasteiger charge is 2.00. The molecule has 0 aliphatic carbocycles. The van der Waals surface area contributed by atoms with Crippen LogP contribution in [0, 0.1) is 5.92 Å². The smallest absolute Gasteiger partial charge is 0.0144 e. The van der Waals surface area contributed by atoms with E-state index in [1.54, 1.807) is 0 Å². The monoisotopic (exact) mass is 175 g/mol. The third kappa shape index (κ3) is 8.21. The van der Waals surface area contributed by atoms with Crippen molar-refractivity contribution in [2.24, 2.45) is 5.92 Å². The Hall–Kier alpha value is 0.310. The molecule has 1 unspecified atom stereocenters. The van der Waals surface area contributed by atoms with Crippen molar-refractivity contribution in [3.63, 3.8) is 0 Å². The molecule has 1 nitrogen and oxygen atoms in total. The van der Waals surface area contributed by atoms with Gasteiger partial charge in [0.25, 0.3) is 0 Å². The summed E-state index contributed by atoms with van der Waals surface area (Å²) in [6.45, 7) is 7.97. The number of hydrogen-bond donors (Lipinski definition) is 1. The molecule has 0 aromatic heterocycles. The third-order valence-corrected chi connectivity index (χ3v) is 2.80. The molecular weight excluding hydrogens is 154 g/mol. The zero-order valence-corrected chi connectivity index (χ0v) is 9.00. The van der Waals surface area contributed by atoms with Gasteiger partial charge in [-0.05, 0) is 25.1 Å². The molecule has 1 N–H and O–H groups in total. The number of thioether (sulfide) groups is 1. The minimum absolute atomic E-state index is 0.763. The molecule has 0 spiro atoms. The van der Waals surface area contributed by atoms with Gasteiger partial charge in [-0.25, -0.2) is 0 Å². The summed E-state index contributed by atoms with van der Waals surface area (Å²) in [5.74, 6) is 2.16. The van der Waals surface area contributed by atoms with Crippen LogP contribution in [0.5, 0.6) is 0 Å². The van der Waals surface area contributed by atoms with E-state index in [1.165, 1.54) is 12.2 Å². The zero-order valence-electron chi connectivity index (χ0n) is 8.18. The van der Waals surface area contributed by atoms with E-state index >= 15 is 0 Å². The minimum atomic E-state index is 0.763. The Bertz CT molecular complexity index is 83.6. The van der Waals surface area contributed by atoms with E-state index < -0.39 is 0 Å². The molecule has 0 bridgehead atoms. The van der Waals surface area contributed by atoms with Gasteiger partial charge in [-0.1, -0.05) is 20.8 Å². The van der Waals surface area contributed by atoms with E-state index in [2.05, 4.69) is 37.8 Å². The fraction of sp³-hybridized carbons (Fsp3) is 1.00. The Morgan fingerprint density at radius 1 is 1.27 bits per heavy atom. The van der Waals surface area contributed by atoms with Crippen LogP contribution in [0.2, 0.25) is 0 Å². The maximum absolute atomic E-state index is 3.18. The van der Waals surface area contributed by atoms with Crippen LogP contribution in [0.15, 0.2) is 0 Å². The van der Waals surface area contributed by atoms with Crippen molar-refractivity contribution in [2.45, 2.75) is 32.4 Å². The highest BCUT2D eigenvalue weighted by atomic mass is 32.2. The number of rotatable bonds is 6. The first-order valence-corrected chi connectivity index (χ1v) is 5.48.